The summed E-state index contributed by atoms with van der Waals surface area (Å²) in [7, 11) is 0. The van der Waals surface area contributed by atoms with Crippen LogP contribution < -0.4 is 10.1 Å². The third-order valence-corrected chi connectivity index (χ3v) is 5.50. The van der Waals surface area contributed by atoms with Crippen molar-refractivity contribution in [2.75, 3.05) is 39.5 Å². The molecule has 2 aromatic rings. The molecule has 1 aromatic heterocycles. The van der Waals surface area contributed by atoms with Gasteiger partial charge < -0.3 is 14.8 Å². The number of ether oxygens (including phenoxy) is 2. The van der Waals surface area contributed by atoms with Gasteiger partial charge in [0, 0.05) is 37.3 Å². The van der Waals surface area contributed by atoms with Crippen molar-refractivity contribution in [3.63, 3.8) is 0 Å². The predicted molar refractivity (Wildman–Crippen MR) is 107 cm³/mol. The van der Waals surface area contributed by atoms with Crippen molar-refractivity contribution >= 4 is 28.8 Å². The van der Waals surface area contributed by atoms with E-state index in [4.69, 9.17) is 21.1 Å². The Labute approximate surface area is 168 Å². The maximum atomic E-state index is 12.1. The SMILES string of the molecule is Cc1csc(C(=O)NCc2ccc(OCCCN3CCOCC3)c(Cl)c2)n1. The Morgan fingerprint density at radius 1 is 1.41 bits per heavy atom. The quantitative estimate of drug-likeness (QED) is 0.678. The van der Waals surface area contributed by atoms with Gasteiger partial charge in [0.05, 0.1) is 24.8 Å². The van der Waals surface area contributed by atoms with E-state index in [0.29, 0.717) is 28.9 Å². The summed E-state index contributed by atoms with van der Waals surface area (Å²) in [5.41, 5.74) is 1.77. The zero-order valence-electron chi connectivity index (χ0n) is 15.4. The molecule has 6 nitrogen and oxygen atoms in total. The molecule has 0 radical (unpaired) electrons. The Kier molecular flexibility index (Phi) is 7.46. The molecule has 0 atom stereocenters. The molecule has 0 bridgehead atoms. The minimum absolute atomic E-state index is 0.173. The summed E-state index contributed by atoms with van der Waals surface area (Å²) in [6.07, 6.45) is 0.946. The van der Waals surface area contributed by atoms with Gasteiger partial charge in [0.2, 0.25) is 0 Å². The number of carbonyl (C=O) groups excluding carboxylic acids is 1. The summed E-state index contributed by atoms with van der Waals surface area (Å²) < 4.78 is 11.1. The van der Waals surface area contributed by atoms with Crippen LogP contribution in [0.1, 0.15) is 27.5 Å². The largest absolute Gasteiger partial charge is 0.492 e. The summed E-state index contributed by atoms with van der Waals surface area (Å²) in [5, 5.41) is 5.74. The topological polar surface area (TPSA) is 63.7 Å². The molecule has 0 spiro atoms. The molecule has 1 fully saturated rings. The molecule has 1 aliphatic rings. The molecule has 2 heterocycles. The van der Waals surface area contributed by atoms with Gasteiger partial charge in [-0.2, -0.15) is 0 Å². The number of rotatable bonds is 8. The second-order valence-corrected chi connectivity index (χ2v) is 7.66. The average molecular weight is 410 g/mol. The molecular weight excluding hydrogens is 386 g/mol. The Hall–Kier alpha value is -1.67. The maximum Gasteiger partial charge on any atom is 0.280 e. The van der Waals surface area contributed by atoms with Crippen LogP contribution in [0.2, 0.25) is 5.02 Å². The first-order chi connectivity index (χ1) is 13.1. The normalized spacial score (nSPS) is 14.9. The second kappa shape index (κ2) is 10.0. The number of halogens is 1. The highest BCUT2D eigenvalue weighted by molar-refractivity contribution is 7.11. The van der Waals surface area contributed by atoms with Crippen LogP contribution in [0.15, 0.2) is 23.6 Å². The lowest BCUT2D eigenvalue weighted by molar-refractivity contribution is 0.0358. The number of aryl methyl sites for hydroxylation is 1. The van der Waals surface area contributed by atoms with E-state index in [9.17, 15) is 4.79 Å². The number of nitrogens with zero attached hydrogens (tertiary/aromatic N) is 2. The Balaban J connectivity index is 1.42. The lowest BCUT2D eigenvalue weighted by atomic mass is 10.2. The van der Waals surface area contributed by atoms with Crippen molar-refractivity contribution in [3.8, 4) is 5.75 Å². The Bertz CT molecular complexity index is 762. The predicted octanol–water partition coefficient (Wildman–Crippen LogP) is 3.14. The molecule has 0 unspecified atom stereocenters. The van der Waals surface area contributed by atoms with Gasteiger partial charge in [-0.05, 0) is 31.0 Å². The van der Waals surface area contributed by atoms with Gasteiger partial charge >= 0.3 is 0 Å². The summed E-state index contributed by atoms with van der Waals surface area (Å²) in [6.45, 7) is 7.49. The molecule has 1 aliphatic heterocycles. The van der Waals surface area contributed by atoms with Crippen LogP contribution in [0, 0.1) is 6.92 Å². The first-order valence-electron chi connectivity index (χ1n) is 9.03. The Morgan fingerprint density at radius 3 is 2.93 bits per heavy atom. The molecule has 3 rings (SSSR count). The van der Waals surface area contributed by atoms with E-state index in [1.165, 1.54) is 11.3 Å². The molecule has 146 valence electrons. The second-order valence-electron chi connectivity index (χ2n) is 6.40. The minimum Gasteiger partial charge on any atom is -0.492 e. The number of amides is 1. The third-order valence-electron chi connectivity index (χ3n) is 4.24. The molecule has 1 N–H and O–H groups in total. The maximum absolute atomic E-state index is 12.1. The molecule has 1 saturated heterocycles. The monoisotopic (exact) mass is 409 g/mol. The standard InChI is InChI=1S/C19H24ClN3O3S/c1-14-13-27-19(22-14)18(24)21-12-15-3-4-17(16(20)11-15)26-8-2-5-23-6-9-25-10-7-23/h3-4,11,13H,2,5-10,12H2,1H3,(H,21,24). The summed E-state index contributed by atoms with van der Waals surface area (Å²) in [5.74, 6) is 0.497. The molecule has 0 aliphatic carbocycles. The van der Waals surface area contributed by atoms with Crippen LogP contribution in [-0.2, 0) is 11.3 Å². The van der Waals surface area contributed by atoms with Gasteiger partial charge in [0.15, 0.2) is 5.01 Å². The fraction of sp³-hybridized carbons (Fsp3) is 0.474. The highest BCUT2D eigenvalue weighted by Gasteiger charge is 2.11. The van der Waals surface area contributed by atoms with E-state index < -0.39 is 0 Å². The smallest absolute Gasteiger partial charge is 0.280 e. The van der Waals surface area contributed by atoms with Gasteiger partial charge in [-0.15, -0.1) is 11.3 Å². The van der Waals surface area contributed by atoms with Crippen molar-refractivity contribution < 1.29 is 14.3 Å². The molecule has 0 saturated carbocycles. The molecular formula is C19H24ClN3O3S. The van der Waals surface area contributed by atoms with Crippen molar-refractivity contribution in [2.24, 2.45) is 0 Å². The van der Waals surface area contributed by atoms with E-state index in [2.05, 4.69) is 15.2 Å². The average Bonchev–Trinajstić information content (AvgIpc) is 3.12. The van der Waals surface area contributed by atoms with E-state index in [1.54, 1.807) is 0 Å². The zero-order valence-corrected chi connectivity index (χ0v) is 16.9. The van der Waals surface area contributed by atoms with E-state index in [-0.39, 0.29) is 5.91 Å². The lowest BCUT2D eigenvalue weighted by Gasteiger charge is -2.26. The molecule has 1 aromatic carbocycles. The number of morpholine rings is 1. The molecule has 1 amide bonds. The van der Waals surface area contributed by atoms with Crippen molar-refractivity contribution in [2.45, 2.75) is 19.9 Å². The third kappa shape index (κ3) is 6.17. The molecule has 8 heteroatoms. The van der Waals surface area contributed by atoms with Crippen LogP contribution >= 0.6 is 22.9 Å². The number of carbonyl (C=O) groups is 1. The van der Waals surface area contributed by atoms with Gasteiger partial charge in [0.1, 0.15) is 5.75 Å². The number of aromatic nitrogens is 1. The zero-order chi connectivity index (χ0) is 19.1. The van der Waals surface area contributed by atoms with Crippen molar-refractivity contribution in [3.05, 3.63) is 44.9 Å². The number of benzene rings is 1. The highest BCUT2D eigenvalue weighted by atomic mass is 35.5. The summed E-state index contributed by atoms with van der Waals surface area (Å²) in [6, 6.07) is 5.59. The van der Waals surface area contributed by atoms with Crippen LogP contribution in [0.4, 0.5) is 0 Å². The Morgan fingerprint density at radius 2 is 2.22 bits per heavy atom. The van der Waals surface area contributed by atoms with Crippen LogP contribution in [0.25, 0.3) is 0 Å². The van der Waals surface area contributed by atoms with Crippen LogP contribution in [0.5, 0.6) is 5.75 Å². The highest BCUT2D eigenvalue weighted by Crippen LogP contribution is 2.25. The van der Waals surface area contributed by atoms with Gasteiger partial charge in [-0.3, -0.25) is 9.69 Å². The first-order valence-corrected chi connectivity index (χ1v) is 10.3. The fourth-order valence-corrected chi connectivity index (χ4v) is 3.75. The summed E-state index contributed by atoms with van der Waals surface area (Å²) in [4.78, 5) is 18.6. The number of thiazole rings is 1. The van der Waals surface area contributed by atoms with Gasteiger partial charge in [0.25, 0.3) is 5.91 Å². The summed E-state index contributed by atoms with van der Waals surface area (Å²) >= 11 is 7.66. The fourth-order valence-electron chi connectivity index (χ4n) is 2.78. The number of hydrogen-bond donors (Lipinski definition) is 1. The van der Waals surface area contributed by atoms with Crippen molar-refractivity contribution in [1.29, 1.82) is 0 Å². The van der Waals surface area contributed by atoms with Crippen LogP contribution in [0.3, 0.4) is 0 Å². The molecule has 27 heavy (non-hydrogen) atoms. The van der Waals surface area contributed by atoms with Crippen LogP contribution in [-0.4, -0.2) is 55.2 Å². The minimum atomic E-state index is -0.173. The van der Waals surface area contributed by atoms with Crippen molar-refractivity contribution in [1.82, 2.24) is 15.2 Å². The number of hydrogen-bond acceptors (Lipinski definition) is 6. The van der Waals surface area contributed by atoms with E-state index in [0.717, 1.165) is 50.5 Å². The first kappa shape index (κ1) is 20.1. The number of nitrogens with one attached hydrogen (secondary N) is 1. The van der Waals surface area contributed by atoms with Gasteiger partial charge in [-0.25, -0.2) is 4.98 Å². The lowest BCUT2D eigenvalue weighted by Crippen LogP contribution is -2.37. The van der Waals surface area contributed by atoms with E-state index >= 15 is 0 Å². The van der Waals surface area contributed by atoms with E-state index in [1.807, 2.05) is 30.5 Å². The van der Waals surface area contributed by atoms with Gasteiger partial charge in [-0.1, -0.05) is 17.7 Å².